The van der Waals surface area contributed by atoms with Crippen LogP contribution in [0.2, 0.25) is 0 Å². The lowest BCUT2D eigenvalue weighted by Crippen LogP contribution is -2.22. The molecule has 0 aromatic heterocycles. The molecule has 0 aliphatic carbocycles. The van der Waals surface area contributed by atoms with E-state index in [1.807, 2.05) is 0 Å². The van der Waals surface area contributed by atoms with E-state index in [0.717, 1.165) is 12.8 Å². The first-order valence-corrected chi connectivity index (χ1v) is 5.04. The maximum absolute atomic E-state index is 11.1. The highest BCUT2D eigenvalue weighted by Crippen LogP contribution is 2.09. The lowest BCUT2D eigenvalue weighted by atomic mass is 10.0. The molecule has 14 heavy (non-hydrogen) atoms. The molecular formula is C10H20O4. The predicted molar refractivity (Wildman–Crippen MR) is 52.7 cm³/mol. The summed E-state index contributed by atoms with van der Waals surface area (Å²) in [5.74, 6) is 0.211. The molecule has 2 atom stereocenters. The van der Waals surface area contributed by atoms with Gasteiger partial charge in [0.1, 0.15) is 12.7 Å². The number of hydrogen-bond donors (Lipinski definition) is 2. The van der Waals surface area contributed by atoms with Gasteiger partial charge in [0.25, 0.3) is 0 Å². The Balaban J connectivity index is 3.46. The third-order valence-electron chi connectivity index (χ3n) is 2.19. The molecule has 4 nitrogen and oxygen atoms in total. The van der Waals surface area contributed by atoms with E-state index >= 15 is 0 Å². The van der Waals surface area contributed by atoms with Crippen LogP contribution in [-0.2, 0) is 9.53 Å². The molecule has 0 saturated carbocycles. The highest BCUT2D eigenvalue weighted by atomic mass is 16.5. The molecule has 0 aliphatic heterocycles. The molecule has 0 aromatic rings. The molecule has 0 amide bonds. The van der Waals surface area contributed by atoms with Crippen LogP contribution in [0.3, 0.4) is 0 Å². The molecule has 2 N–H and O–H groups in total. The van der Waals surface area contributed by atoms with Crippen molar-refractivity contribution in [3.63, 3.8) is 0 Å². The molecule has 0 spiro atoms. The molecule has 0 heterocycles. The molecule has 2 unspecified atom stereocenters. The topological polar surface area (TPSA) is 66.8 Å². The van der Waals surface area contributed by atoms with Crippen molar-refractivity contribution in [2.45, 2.75) is 39.2 Å². The van der Waals surface area contributed by atoms with Crippen molar-refractivity contribution >= 4 is 5.97 Å². The Morgan fingerprint density at radius 2 is 2.14 bits per heavy atom. The average Bonchev–Trinajstić information content (AvgIpc) is 2.22. The Labute approximate surface area is 84.9 Å². The van der Waals surface area contributed by atoms with Gasteiger partial charge in [-0.15, -0.1) is 0 Å². The van der Waals surface area contributed by atoms with Gasteiger partial charge in [0.05, 0.1) is 6.61 Å². The number of hydrogen-bond acceptors (Lipinski definition) is 4. The van der Waals surface area contributed by atoms with Crippen molar-refractivity contribution in [3.8, 4) is 0 Å². The summed E-state index contributed by atoms with van der Waals surface area (Å²) in [4.78, 5) is 11.1. The number of esters is 1. The first-order chi connectivity index (χ1) is 6.60. The van der Waals surface area contributed by atoms with Crippen molar-refractivity contribution in [3.05, 3.63) is 0 Å². The summed E-state index contributed by atoms with van der Waals surface area (Å²) in [6, 6.07) is 0. The van der Waals surface area contributed by atoms with Gasteiger partial charge < -0.3 is 14.9 Å². The molecule has 0 saturated heterocycles. The van der Waals surface area contributed by atoms with Gasteiger partial charge in [-0.1, -0.05) is 20.3 Å². The summed E-state index contributed by atoms with van der Waals surface area (Å²) in [5, 5.41) is 17.4. The minimum absolute atomic E-state index is 0.115. The van der Waals surface area contributed by atoms with Gasteiger partial charge in [0, 0.05) is 6.42 Å². The van der Waals surface area contributed by atoms with Crippen LogP contribution in [0, 0.1) is 5.92 Å². The lowest BCUT2D eigenvalue weighted by molar-refractivity contribution is -0.147. The van der Waals surface area contributed by atoms with Crippen LogP contribution in [0.5, 0.6) is 0 Å². The van der Waals surface area contributed by atoms with Crippen molar-refractivity contribution in [1.29, 1.82) is 0 Å². The summed E-state index contributed by atoms with van der Waals surface area (Å²) in [5.41, 5.74) is 0. The van der Waals surface area contributed by atoms with E-state index in [-0.39, 0.29) is 19.2 Å². The molecule has 0 aliphatic rings. The van der Waals surface area contributed by atoms with Gasteiger partial charge in [-0.25, -0.2) is 0 Å². The first kappa shape index (κ1) is 13.4. The Morgan fingerprint density at radius 1 is 1.50 bits per heavy atom. The monoisotopic (exact) mass is 204 g/mol. The number of aliphatic hydroxyl groups is 2. The van der Waals surface area contributed by atoms with Crippen LogP contribution < -0.4 is 0 Å². The number of carbonyl (C=O) groups excluding carboxylic acids is 1. The molecule has 4 heteroatoms. The van der Waals surface area contributed by atoms with Gasteiger partial charge in [-0.05, 0) is 12.3 Å². The van der Waals surface area contributed by atoms with E-state index in [2.05, 4.69) is 13.8 Å². The van der Waals surface area contributed by atoms with Crippen LogP contribution >= 0.6 is 0 Å². The molecule has 0 radical (unpaired) electrons. The molecule has 0 aromatic carbocycles. The van der Waals surface area contributed by atoms with Crippen LogP contribution in [0.4, 0.5) is 0 Å². The van der Waals surface area contributed by atoms with E-state index < -0.39 is 6.10 Å². The Bertz CT molecular complexity index is 142. The Hall–Kier alpha value is -0.610. The van der Waals surface area contributed by atoms with Crippen molar-refractivity contribution in [2.75, 3.05) is 13.2 Å². The standard InChI is InChI=1S/C10H20O4/c1-3-8(2)4-5-10(13)14-7-9(12)6-11/h8-9,11-12H,3-7H2,1-2H3. The molecular weight excluding hydrogens is 184 g/mol. The summed E-state index contributed by atoms with van der Waals surface area (Å²) < 4.78 is 4.74. The van der Waals surface area contributed by atoms with E-state index in [1.165, 1.54) is 0 Å². The normalized spacial score (nSPS) is 14.9. The summed E-state index contributed by atoms with van der Waals surface area (Å²) in [7, 11) is 0. The summed E-state index contributed by atoms with van der Waals surface area (Å²) in [6.45, 7) is 3.66. The average molecular weight is 204 g/mol. The molecule has 0 rings (SSSR count). The SMILES string of the molecule is CCC(C)CCC(=O)OCC(O)CO. The van der Waals surface area contributed by atoms with E-state index in [0.29, 0.717) is 12.3 Å². The maximum Gasteiger partial charge on any atom is 0.305 e. The molecule has 84 valence electrons. The minimum atomic E-state index is -0.956. The Kier molecular flexibility index (Phi) is 7.42. The van der Waals surface area contributed by atoms with Crippen molar-refractivity contribution in [2.24, 2.45) is 5.92 Å². The fraction of sp³-hybridized carbons (Fsp3) is 0.900. The fourth-order valence-corrected chi connectivity index (χ4v) is 0.882. The molecule has 0 bridgehead atoms. The third-order valence-corrected chi connectivity index (χ3v) is 2.19. The second kappa shape index (κ2) is 7.76. The maximum atomic E-state index is 11.1. The predicted octanol–water partition coefficient (Wildman–Crippen LogP) is 0.709. The van der Waals surface area contributed by atoms with Gasteiger partial charge >= 0.3 is 5.97 Å². The van der Waals surface area contributed by atoms with E-state index in [9.17, 15) is 4.79 Å². The van der Waals surface area contributed by atoms with Gasteiger partial charge in [-0.2, -0.15) is 0 Å². The zero-order valence-electron chi connectivity index (χ0n) is 8.90. The van der Waals surface area contributed by atoms with Gasteiger partial charge in [0.2, 0.25) is 0 Å². The highest BCUT2D eigenvalue weighted by Gasteiger charge is 2.09. The first-order valence-electron chi connectivity index (χ1n) is 5.04. The van der Waals surface area contributed by atoms with Crippen LogP contribution in [0.25, 0.3) is 0 Å². The number of rotatable bonds is 7. The van der Waals surface area contributed by atoms with Crippen molar-refractivity contribution in [1.82, 2.24) is 0 Å². The zero-order valence-corrected chi connectivity index (χ0v) is 8.90. The number of ether oxygens (including phenoxy) is 1. The zero-order chi connectivity index (χ0) is 11.0. The van der Waals surface area contributed by atoms with Gasteiger partial charge in [-0.3, -0.25) is 4.79 Å². The smallest absolute Gasteiger partial charge is 0.305 e. The second-order valence-corrected chi connectivity index (χ2v) is 3.57. The van der Waals surface area contributed by atoms with Crippen molar-refractivity contribution < 1.29 is 19.7 Å². The summed E-state index contributed by atoms with van der Waals surface area (Å²) >= 11 is 0. The second-order valence-electron chi connectivity index (χ2n) is 3.57. The quantitative estimate of drug-likeness (QED) is 0.599. The number of aliphatic hydroxyl groups excluding tert-OH is 2. The van der Waals surface area contributed by atoms with Crippen LogP contribution in [0.1, 0.15) is 33.1 Å². The Morgan fingerprint density at radius 3 is 2.64 bits per heavy atom. The molecule has 0 fully saturated rings. The van der Waals surface area contributed by atoms with Crippen LogP contribution in [0.15, 0.2) is 0 Å². The fourth-order valence-electron chi connectivity index (χ4n) is 0.882. The van der Waals surface area contributed by atoms with E-state index in [4.69, 9.17) is 14.9 Å². The number of carbonyl (C=O) groups is 1. The summed E-state index contributed by atoms with van der Waals surface area (Å²) in [6.07, 6.45) is 1.28. The minimum Gasteiger partial charge on any atom is -0.463 e. The van der Waals surface area contributed by atoms with Crippen LogP contribution in [-0.4, -0.2) is 35.5 Å². The highest BCUT2D eigenvalue weighted by molar-refractivity contribution is 5.69. The van der Waals surface area contributed by atoms with Gasteiger partial charge in [0.15, 0.2) is 0 Å². The lowest BCUT2D eigenvalue weighted by Gasteiger charge is -2.10. The third kappa shape index (κ3) is 6.86. The largest absolute Gasteiger partial charge is 0.463 e. The van der Waals surface area contributed by atoms with E-state index in [1.54, 1.807) is 0 Å².